The van der Waals surface area contributed by atoms with Gasteiger partial charge in [0.15, 0.2) is 0 Å². The highest BCUT2D eigenvalue weighted by Crippen LogP contribution is 2.38. The molecular formula is C16H16F3N5O4S. The highest BCUT2D eigenvalue weighted by molar-refractivity contribution is 7.85. The maximum absolute atomic E-state index is 13.7. The molecule has 0 saturated carbocycles. The summed E-state index contributed by atoms with van der Waals surface area (Å²) in [6, 6.07) is 3.12. The number of methoxy groups -OCH3 is 1. The van der Waals surface area contributed by atoms with E-state index >= 15 is 0 Å². The molecule has 3 rings (SSSR count). The standard InChI is InChI=1S/C16H16F3N5O4S/c1-28-6-5-23-13(3-4-20-23)9-7-10-12(8-11(9)16(17,18)19)21-15(26)24(14(10)25)22-29(2)27/h3-4,7-8,22H,5-6H2,1-2H3,(H,21,26). The number of H-pyrrole nitrogens is 1. The van der Waals surface area contributed by atoms with E-state index in [1.165, 1.54) is 30.3 Å². The Kier molecular flexibility index (Phi) is 5.61. The summed E-state index contributed by atoms with van der Waals surface area (Å²) in [5.41, 5.74) is -3.46. The van der Waals surface area contributed by atoms with Gasteiger partial charge in [0.1, 0.15) is 11.0 Å². The molecule has 0 radical (unpaired) electrons. The molecule has 0 fully saturated rings. The minimum atomic E-state index is -4.76. The van der Waals surface area contributed by atoms with Crippen LogP contribution in [-0.2, 0) is 28.4 Å². The van der Waals surface area contributed by atoms with Gasteiger partial charge in [0.2, 0.25) is 0 Å². The molecule has 0 bridgehead atoms. The molecule has 0 amide bonds. The van der Waals surface area contributed by atoms with E-state index in [9.17, 15) is 27.0 Å². The zero-order valence-electron chi connectivity index (χ0n) is 15.2. The lowest BCUT2D eigenvalue weighted by Crippen LogP contribution is -2.41. The van der Waals surface area contributed by atoms with Crippen molar-refractivity contribution in [1.82, 2.24) is 19.4 Å². The molecule has 1 atom stereocenters. The Morgan fingerprint density at radius 1 is 1.31 bits per heavy atom. The van der Waals surface area contributed by atoms with Crippen LogP contribution in [0, 0.1) is 0 Å². The number of ether oxygens (including phenoxy) is 1. The highest BCUT2D eigenvalue weighted by atomic mass is 32.2. The van der Waals surface area contributed by atoms with E-state index in [0.717, 1.165) is 6.07 Å². The molecule has 0 aliphatic rings. The van der Waals surface area contributed by atoms with E-state index < -0.39 is 34.0 Å². The van der Waals surface area contributed by atoms with Gasteiger partial charge in [0.25, 0.3) is 5.56 Å². The maximum atomic E-state index is 13.7. The second-order valence-electron chi connectivity index (χ2n) is 5.99. The Morgan fingerprint density at radius 3 is 2.66 bits per heavy atom. The van der Waals surface area contributed by atoms with Crippen LogP contribution < -0.4 is 16.1 Å². The van der Waals surface area contributed by atoms with Crippen molar-refractivity contribution in [2.45, 2.75) is 12.7 Å². The topological polar surface area (TPSA) is 111 Å². The lowest BCUT2D eigenvalue weighted by Gasteiger charge is -2.16. The number of halogens is 3. The van der Waals surface area contributed by atoms with E-state index in [4.69, 9.17) is 4.74 Å². The number of benzene rings is 1. The number of hydrogen-bond donors (Lipinski definition) is 2. The Hall–Kier alpha value is -2.93. The first kappa shape index (κ1) is 20.8. The molecule has 1 aromatic carbocycles. The van der Waals surface area contributed by atoms with Crippen LogP contribution in [0.4, 0.5) is 13.2 Å². The van der Waals surface area contributed by atoms with Gasteiger partial charge in [-0.2, -0.15) is 22.9 Å². The van der Waals surface area contributed by atoms with E-state index in [0.29, 0.717) is 10.7 Å². The molecule has 0 aliphatic heterocycles. The van der Waals surface area contributed by atoms with Crippen molar-refractivity contribution < 1.29 is 22.1 Å². The van der Waals surface area contributed by atoms with Crippen molar-refractivity contribution in [3.05, 3.63) is 50.8 Å². The van der Waals surface area contributed by atoms with E-state index in [-0.39, 0.29) is 35.3 Å². The fourth-order valence-electron chi connectivity index (χ4n) is 2.84. The van der Waals surface area contributed by atoms with E-state index in [1.54, 1.807) is 0 Å². The molecule has 2 aromatic heterocycles. The number of aromatic nitrogens is 4. The summed E-state index contributed by atoms with van der Waals surface area (Å²) < 4.78 is 59.2. The van der Waals surface area contributed by atoms with E-state index in [2.05, 4.69) is 14.9 Å². The minimum Gasteiger partial charge on any atom is -0.383 e. The summed E-state index contributed by atoms with van der Waals surface area (Å²) in [5.74, 6) is 0. The average Bonchev–Trinajstić information content (AvgIpc) is 3.10. The van der Waals surface area contributed by atoms with Gasteiger partial charge in [-0.05, 0) is 18.2 Å². The monoisotopic (exact) mass is 431 g/mol. The first-order valence-corrected chi connectivity index (χ1v) is 9.70. The zero-order valence-corrected chi connectivity index (χ0v) is 16.1. The van der Waals surface area contributed by atoms with Gasteiger partial charge in [-0.3, -0.25) is 9.48 Å². The fourth-order valence-corrected chi connectivity index (χ4v) is 3.26. The Bertz CT molecular complexity index is 1200. The third-order valence-corrected chi connectivity index (χ3v) is 4.50. The van der Waals surface area contributed by atoms with Crippen LogP contribution in [0.3, 0.4) is 0 Å². The lowest BCUT2D eigenvalue weighted by molar-refractivity contribution is -0.137. The van der Waals surface area contributed by atoms with Crippen molar-refractivity contribution in [3.63, 3.8) is 0 Å². The van der Waals surface area contributed by atoms with Crippen LogP contribution >= 0.6 is 0 Å². The van der Waals surface area contributed by atoms with Gasteiger partial charge < -0.3 is 9.72 Å². The van der Waals surface area contributed by atoms with Crippen molar-refractivity contribution in [1.29, 1.82) is 0 Å². The maximum Gasteiger partial charge on any atom is 0.417 e. The number of fused-ring (bicyclic) bond motifs is 1. The van der Waals surface area contributed by atoms with Crippen LogP contribution in [0.1, 0.15) is 5.56 Å². The molecule has 0 aliphatic carbocycles. The first-order valence-electron chi connectivity index (χ1n) is 8.15. The van der Waals surface area contributed by atoms with Gasteiger partial charge >= 0.3 is 11.9 Å². The summed E-state index contributed by atoms with van der Waals surface area (Å²) in [5, 5.41) is 3.81. The third kappa shape index (κ3) is 4.10. The summed E-state index contributed by atoms with van der Waals surface area (Å²) in [6.45, 7) is 0.413. The van der Waals surface area contributed by atoms with Crippen molar-refractivity contribution >= 4 is 21.9 Å². The first-order chi connectivity index (χ1) is 13.6. The van der Waals surface area contributed by atoms with Crippen molar-refractivity contribution in [3.8, 4) is 11.3 Å². The van der Waals surface area contributed by atoms with Crippen LogP contribution in [-0.4, -0.2) is 43.6 Å². The van der Waals surface area contributed by atoms with Gasteiger partial charge in [0, 0.05) is 25.1 Å². The molecule has 3 aromatic rings. The van der Waals surface area contributed by atoms with Crippen LogP contribution in [0.15, 0.2) is 34.0 Å². The molecular weight excluding hydrogens is 415 g/mol. The summed E-state index contributed by atoms with van der Waals surface area (Å²) in [7, 11) is -0.308. The predicted octanol–water partition coefficient (Wildman–Crippen LogP) is 1.06. The number of rotatable bonds is 6. The quantitative estimate of drug-likeness (QED) is 0.606. The molecule has 0 saturated heterocycles. The Labute approximate surface area is 163 Å². The molecule has 2 heterocycles. The van der Waals surface area contributed by atoms with E-state index in [1.807, 2.05) is 0 Å². The summed E-state index contributed by atoms with van der Waals surface area (Å²) in [6.07, 6.45) is -2.22. The fraction of sp³-hybridized carbons (Fsp3) is 0.312. The number of nitrogens with one attached hydrogen (secondary N) is 2. The zero-order chi connectivity index (χ0) is 21.3. The second kappa shape index (κ2) is 7.83. The van der Waals surface area contributed by atoms with Gasteiger partial charge in [0.05, 0.1) is 35.3 Å². The number of alkyl halides is 3. The smallest absolute Gasteiger partial charge is 0.383 e. The van der Waals surface area contributed by atoms with Crippen molar-refractivity contribution in [2.24, 2.45) is 0 Å². The lowest BCUT2D eigenvalue weighted by atomic mass is 10.0. The van der Waals surface area contributed by atoms with Crippen LogP contribution in [0.2, 0.25) is 0 Å². The molecule has 13 heteroatoms. The SMILES string of the molecule is COCCn1nccc1-c1cc2c(=O)n(NS(C)=O)c(=O)[nH]c2cc1C(F)(F)F. The largest absolute Gasteiger partial charge is 0.417 e. The molecule has 2 N–H and O–H groups in total. The highest BCUT2D eigenvalue weighted by Gasteiger charge is 2.35. The predicted molar refractivity (Wildman–Crippen MR) is 100 cm³/mol. The molecule has 9 nitrogen and oxygen atoms in total. The van der Waals surface area contributed by atoms with Gasteiger partial charge in [-0.15, -0.1) is 0 Å². The average molecular weight is 431 g/mol. The van der Waals surface area contributed by atoms with Crippen LogP contribution in [0.25, 0.3) is 22.2 Å². The Morgan fingerprint density at radius 2 is 2.03 bits per heavy atom. The molecule has 29 heavy (non-hydrogen) atoms. The number of aromatic amines is 1. The second-order valence-corrected chi connectivity index (χ2v) is 7.08. The summed E-state index contributed by atoms with van der Waals surface area (Å²) >= 11 is 0. The summed E-state index contributed by atoms with van der Waals surface area (Å²) in [4.78, 5) is 29.0. The van der Waals surface area contributed by atoms with Gasteiger partial charge in [-0.1, -0.05) is 0 Å². The molecule has 1 unspecified atom stereocenters. The number of hydrogen-bond acceptors (Lipinski definition) is 5. The van der Waals surface area contributed by atoms with Crippen LogP contribution in [0.5, 0.6) is 0 Å². The third-order valence-electron chi connectivity index (χ3n) is 4.06. The van der Waals surface area contributed by atoms with Gasteiger partial charge in [-0.25, -0.2) is 13.8 Å². The Balaban J connectivity index is 2.33. The molecule has 0 spiro atoms. The normalized spacial score (nSPS) is 13.0. The van der Waals surface area contributed by atoms with Crippen molar-refractivity contribution in [2.75, 3.05) is 24.8 Å². The molecule has 156 valence electrons. The minimum absolute atomic E-state index is 0.125. The number of nitrogens with zero attached hydrogens (tertiary/aromatic N) is 3.